The largest absolute Gasteiger partial charge is 0.508 e. The van der Waals surface area contributed by atoms with Crippen LogP contribution >= 0.6 is 0 Å². The number of rotatable bonds is 4. The quantitative estimate of drug-likeness (QED) is 0.450. The van der Waals surface area contributed by atoms with Crippen LogP contribution < -0.4 is 20.7 Å². The van der Waals surface area contributed by atoms with Gasteiger partial charge in [0.05, 0.1) is 6.04 Å². The van der Waals surface area contributed by atoms with Gasteiger partial charge in [-0.2, -0.15) is 0 Å². The van der Waals surface area contributed by atoms with Gasteiger partial charge in [0.1, 0.15) is 35.5 Å². The van der Waals surface area contributed by atoms with Crippen LogP contribution in [0.3, 0.4) is 0 Å². The van der Waals surface area contributed by atoms with Gasteiger partial charge >= 0.3 is 0 Å². The Morgan fingerprint density at radius 3 is 2.49 bits per heavy atom. The molecule has 4 unspecified atom stereocenters. The number of hydrogen-bond donors (Lipinski definition) is 4. The topological polar surface area (TPSA) is 120 Å². The van der Waals surface area contributed by atoms with Gasteiger partial charge in [0.2, 0.25) is 17.7 Å². The summed E-state index contributed by atoms with van der Waals surface area (Å²) in [5, 5.41) is 19.2. The molecule has 4 N–H and O–H groups in total. The van der Waals surface area contributed by atoms with Crippen LogP contribution in [0.5, 0.6) is 11.5 Å². The molecule has 0 saturated heterocycles. The van der Waals surface area contributed by atoms with Crippen molar-refractivity contribution in [3.05, 3.63) is 59.4 Å². The average molecular weight is 569 g/mol. The fraction of sp³-hybridized carbons (Fsp3) is 0.516. The minimum Gasteiger partial charge on any atom is -0.508 e. The molecule has 1 saturated carbocycles. The molecule has 2 aromatic rings. The number of phenolic OH excluding ortho intramolecular Hbond substituents is 1. The molecule has 0 spiro atoms. The van der Waals surface area contributed by atoms with Crippen molar-refractivity contribution in [2.75, 3.05) is 20.1 Å². The maximum absolute atomic E-state index is 13.5. The summed E-state index contributed by atoms with van der Waals surface area (Å²) in [4.78, 5) is 41.5. The second kappa shape index (κ2) is 13.8. The number of aryl methyl sites for hydroxylation is 2. The molecule has 1 fully saturated rings. The lowest BCUT2D eigenvalue weighted by Crippen LogP contribution is -2.56. The zero-order chi connectivity index (χ0) is 29.5. The van der Waals surface area contributed by atoms with Crippen molar-refractivity contribution < 1.29 is 28.6 Å². The van der Waals surface area contributed by atoms with Gasteiger partial charge in [0.25, 0.3) is 0 Å². The summed E-state index contributed by atoms with van der Waals surface area (Å²) in [5.74, 6) is -0.417. The van der Waals surface area contributed by atoms with Crippen LogP contribution in [0.15, 0.2) is 42.5 Å². The summed E-state index contributed by atoms with van der Waals surface area (Å²) < 4.78 is 19.5. The Labute approximate surface area is 240 Å². The molecular formula is C31H41FN4O5. The molecule has 2 aromatic carbocycles. The van der Waals surface area contributed by atoms with Crippen molar-refractivity contribution in [1.29, 1.82) is 0 Å². The summed E-state index contributed by atoms with van der Waals surface area (Å²) in [5.41, 5.74) is 1.75. The van der Waals surface area contributed by atoms with Gasteiger partial charge in [0, 0.05) is 26.2 Å². The molecule has 1 aliphatic heterocycles. The molecule has 0 bridgehead atoms. The molecule has 9 nitrogen and oxygen atoms in total. The number of carbonyl (C=O) groups excluding carboxylic acids is 3. The van der Waals surface area contributed by atoms with Crippen molar-refractivity contribution in [2.45, 2.75) is 76.6 Å². The van der Waals surface area contributed by atoms with E-state index in [0.717, 1.165) is 24.0 Å². The minimum absolute atomic E-state index is 0.0979. The SMILES string of the molecule is CC1CNC(C2CC2)C(=O)N(C)C(C)C(=O)NC(CCc2ccc(F)cc2)C(=O)NCCCc2ccc(O)cc2O1. The van der Waals surface area contributed by atoms with Crippen molar-refractivity contribution in [1.82, 2.24) is 20.9 Å². The van der Waals surface area contributed by atoms with Crippen LogP contribution in [0, 0.1) is 11.7 Å². The molecule has 0 aromatic heterocycles. The van der Waals surface area contributed by atoms with E-state index in [1.165, 1.54) is 17.0 Å². The highest BCUT2D eigenvalue weighted by molar-refractivity contribution is 5.93. The van der Waals surface area contributed by atoms with Crippen LogP contribution in [-0.4, -0.2) is 72.1 Å². The first kappa shape index (κ1) is 30.3. The molecule has 4 rings (SSSR count). The third-order valence-corrected chi connectivity index (χ3v) is 7.86. The third kappa shape index (κ3) is 8.42. The third-order valence-electron chi connectivity index (χ3n) is 7.86. The highest BCUT2D eigenvalue weighted by Crippen LogP contribution is 2.34. The molecule has 41 heavy (non-hydrogen) atoms. The van der Waals surface area contributed by atoms with Gasteiger partial charge < -0.3 is 30.7 Å². The van der Waals surface area contributed by atoms with E-state index in [1.54, 1.807) is 38.2 Å². The summed E-state index contributed by atoms with van der Waals surface area (Å²) in [6.45, 7) is 4.34. The van der Waals surface area contributed by atoms with E-state index in [-0.39, 0.29) is 35.4 Å². The van der Waals surface area contributed by atoms with Crippen molar-refractivity contribution >= 4 is 17.7 Å². The highest BCUT2D eigenvalue weighted by Gasteiger charge is 2.39. The Morgan fingerprint density at radius 2 is 1.78 bits per heavy atom. The molecule has 10 heteroatoms. The molecule has 1 heterocycles. The Morgan fingerprint density at radius 1 is 1.05 bits per heavy atom. The van der Waals surface area contributed by atoms with Gasteiger partial charge in [-0.25, -0.2) is 4.39 Å². The first-order valence-electron chi connectivity index (χ1n) is 14.4. The van der Waals surface area contributed by atoms with Crippen LogP contribution in [0.25, 0.3) is 0 Å². The van der Waals surface area contributed by atoms with Gasteiger partial charge in [-0.15, -0.1) is 0 Å². The predicted octanol–water partition coefficient (Wildman–Crippen LogP) is 2.69. The molecule has 0 radical (unpaired) electrons. The van der Waals surface area contributed by atoms with Gasteiger partial charge in [0.15, 0.2) is 0 Å². The van der Waals surface area contributed by atoms with Crippen molar-refractivity contribution in [3.63, 3.8) is 0 Å². The highest BCUT2D eigenvalue weighted by atomic mass is 19.1. The number of likely N-dealkylation sites (N-methyl/N-ethyl adjacent to an activating group) is 1. The van der Waals surface area contributed by atoms with Crippen molar-refractivity contribution in [3.8, 4) is 11.5 Å². The lowest BCUT2D eigenvalue weighted by molar-refractivity contribution is -0.141. The zero-order valence-electron chi connectivity index (χ0n) is 24.0. The molecule has 222 valence electrons. The molecule has 3 amide bonds. The van der Waals surface area contributed by atoms with Gasteiger partial charge in [-0.1, -0.05) is 18.2 Å². The fourth-order valence-corrected chi connectivity index (χ4v) is 5.02. The average Bonchev–Trinajstić information content (AvgIpc) is 3.79. The normalized spacial score (nSPS) is 25.3. The molecular weight excluding hydrogens is 527 g/mol. The number of aromatic hydroxyl groups is 1. The van der Waals surface area contributed by atoms with Crippen LogP contribution in [0.2, 0.25) is 0 Å². The fourth-order valence-electron chi connectivity index (χ4n) is 5.02. The first-order valence-corrected chi connectivity index (χ1v) is 14.4. The number of fused-ring (bicyclic) bond motifs is 1. The van der Waals surface area contributed by atoms with Gasteiger partial charge in [-0.3, -0.25) is 14.4 Å². The molecule has 1 aliphatic carbocycles. The van der Waals surface area contributed by atoms with Crippen LogP contribution in [-0.2, 0) is 27.2 Å². The smallest absolute Gasteiger partial charge is 0.243 e. The Hall–Kier alpha value is -3.66. The first-order chi connectivity index (χ1) is 19.6. The lowest BCUT2D eigenvalue weighted by atomic mass is 10.0. The number of carbonyl (C=O) groups is 3. The summed E-state index contributed by atoms with van der Waals surface area (Å²) >= 11 is 0. The number of nitrogens with zero attached hydrogens (tertiary/aromatic N) is 1. The zero-order valence-corrected chi connectivity index (χ0v) is 24.0. The van der Waals surface area contributed by atoms with Crippen molar-refractivity contribution in [2.24, 2.45) is 5.92 Å². The van der Waals surface area contributed by atoms with Gasteiger partial charge in [-0.05, 0) is 87.6 Å². The standard InChI is InChI=1S/C31H41FN4O5/c1-19-18-34-28(23-9-10-23)31(40)36(3)20(2)29(38)35-26(15-8-21-6-12-24(32)13-7-21)30(39)33-16-4-5-22-11-14-25(37)17-27(22)41-19/h6-7,11-14,17,19-20,23,26,28,34,37H,4-5,8-10,15-16,18H2,1-3H3,(H,33,39)(H,35,38). The second-order valence-corrected chi connectivity index (χ2v) is 11.2. The van der Waals surface area contributed by atoms with E-state index >= 15 is 0 Å². The number of nitrogens with one attached hydrogen (secondary N) is 3. The maximum Gasteiger partial charge on any atom is 0.243 e. The summed E-state index contributed by atoms with van der Waals surface area (Å²) in [7, 11) is 1.61. The Bertz CT molecular complexity index is 1220. The summed E-state index contributed by atoms with van der Waals surface area (Å²) in [6, 6.07) is 8.98. The van der Waals surface area contributed by atoms with Crippen LogP contribution in [0.4, 0.5) is 4.39 Å². The maximum atomic E-state index is 13.5. The number of halogens is 1. The van der Waals surface area contributed by atoms with E-state index in [4.69, 9.17) is 4.74 Å². The monoisotopic (exact) mass is 568 g/mol. The number of ether oxygens (including phenoxy) is 1. The second-order valence-electron chi connectivity index (χ2n) is 11.2. The Balaban J connectivity index is 1.54. The van der Waals surface area contributed by atoms with E-state index in [1.807, 2.05) is 13.0 Å². The Kier molecular flexibility index (Phi) is 10.2. The number of phenols is 1. The van der Waals surface area contributed by atoms with Crippen LogP contribution in [0.1, 0.15) is 50.7 Å². The molecule has 4 atom stereocenters. The number of benzene rings is 2. The minimum atomic E-state index is -0.830. The summed E-state index contributed by atoms with van der Waals surface area (Å²) in [6.07, 6.45) is 3.57. The predicted molar refractivity (Wildman–Crippen MR) is 153 cm³/mol. The van der Waals surface area contributed by atoms with E-state index in [9.17, 15) is 23.9 Å². The van der Waals surface area contributed by atoms with E-state index in [2.05, 4.69) is 16.0 Å². The molecule has 2 aliphatic rings. The van der Waals surface area contributed by atoms with E-state index < -0.39 is 24.0 Å². The lowest BCUT2D eigenvalue weighted by Gasteiger charge is -2.31. The number of amides is 3. The van der Waals surface area contributed by atoms with E-state index in [0.29, 0.717) is 44.5 Å². The number of hydrogen-bond acceptors (Lipinski definition) is 6.